The van der Waals surface area contributed by atoms with E-state index in [0.717, 1.165) is 0 Å². The van der Waals surface area contributed by atoms with Gasteiger partial charge in [-0.05, 0) is 46.8 Å². The summed E-state index contributed by atoms with van der Waals surface area (Å²) in [5.74, 6) is -0.0322. The summed E-state index contributed by atoms with van der Waals surface area (Å²) in [4.78, 5) is 4.23. The van der Waals surface area contributed by atoms with E-state index in [1.54, 1.807) is 13.0 Å². The first kappa shape index (κ1) is 14.3. The Morgan fingerprint density at radius 3 is 2.16 bits per heavy atom. The highest BCUT2D eigenvalue weighted by molar-refractivity contribution is 6.61. The topological polar surface area (TPSA) is 71.8 Å². The van der Waals surface area contributed by atoms with E-state index in [1.807, 2.05) is 27.7 Å². The molecular weight excluding hydrogens is 245 g/mol. The van der Waals surface area contributed by atoms with Crippen LogP contribution in [-0.2, 0) is 9.31 Å². The molecule has 1 aliphatic rings. The van der Waals surface area contributed by atoms with Crippen molar-refractivity contribution in [2.75, 3.05) is 0 Å². The van der Waals surface area contributed by atoms with E-state index in [4.69, 9.17) is 9.31 Å². The number of aliphatic hydroxyl groups excluding tert-OH is 1. The summed E-state index contributed by atoms with van der Waals surface area (Å²) in [5, 5.41) is 19.2. The number of aromatic hydroxyl groups is 1. The fourth-order valence-electron chi connectivity index (χ4n) is 1.89. The van der Waals surface area contributed by atoms with E-state index in [2.05, 4.69) is 4.98 Å². The second-order valence-corrected chi connectivity index (χ2v) is 5.90. The van der Waals surface area contributed by atoms with Gasteiger partial charge in [0.05, 0.1) is 22.9 Å². The third kappa shape index (κ3) is 2.48. The molecule has 2 heterocycles. The molecule has 1 unspecified atom stereocenters. The molecule has 1 aromatic rings. The number of pyridine rings is 1. The van der Waals surface area contributed by atoms with Gasteiger partial charge in [-0.2, -0.15) is 0 Å². The Kier molecular flexibility index (Phi) is 3.37. The molecule has 1 aromatic heterocycles. The van der Waals surface area contributed by atoms with E-state index in [0.29, 0.717) is 5.59 Å². The standard InChI is InChI=1S/C13H20BNO4/c1-8(16)11-9(17)6-7-10(15-11)14-18-12(2,3)13(4,5)19-14/h6-8,16-17H,1-5H3. The molecule has 1 aliphatic heterocycles. The molecule has 0 radical (unpaired) electrons. The van der Waals surface area contributed by atoms with Crippen LogP contribution in [0.1, 0.15) is 46.4 Å². The first-order chi connectivity index (χ1) is 8.64. The van der Waals surface area contributed by atoms with Crippen molar-refractivity contribution in [2.24, 2.45) is 0 Å². The number of aromatic nitrogens is 1. The fourth-order valence-corrected chi connectivity index (χ4v) is 1.89. The van der Waals surface area contributed by atoms with Crippen LogP contribution in [0.5, 0.6) is 5.75 Å². The molecule has 104 valence electrons. The van der Waals surface area contributed by atoms with Gasteiger partial charge in [0.25, 0.3) is 0 Å². The van der Waals surface area contributed by atoms with Gasteiger partial charge in [-0.1, -0.05) is 0 Å². The molecule has 0 bridgehead atoms. The lowest BCUT2D eigenvalue weighted by Crippen LogP contribution is -2.41. The van der Waals surface area contributed by atoms with Crippen molar-refractivity contribution in [2.45, 2.75) is 51.9 Å². The Bertz CT molecular complexity index is 472. The molecule has 1 atom stereocenters. The second kappa shape index (κ2) is 4.47. The summed E-state index contributed by atoms with van der Waals surface area (Å²) in [6.45, 7) is 9.40. The Labute approximate surface area is 113 Å². The Morgan fingerprint density at radius 2 is 1.68 bits per heavy atom. The third-order valence-electron chi connectivity index (χ3n) is 3.81. The smallest absolute Gasteiger partial charge is 0.506 e. The summed E-state index contributed by atoms with van der Waals surface area (Å²) >= 11 is 0. The molecule has 0 aromatic carbocycles. The molecule has 2 rings (SSSR count). The molecule has 1 fully saturated rings. The van der Waals surface area contributed by atoms with Gasteiger partial charge in [0, 0.05) is 0 Å². The van der Waals surface area contributed by atoms with Crippen LogP contribution in [0.2, 0.25) is 0 Å². The molecule has 0 aliphatic carbocycles. The van der Waals surface area contributed by atoms with Crippen molar-refractivity contribution in [3.63, 3.8) is 0 Å². The van der Waals surface area contributed by atoms with Gasteiger partial charge in [-0.3, -0.25) is 4.98 Å². The van der Waals surface area contributed by atoms with E-state index in [9.17, 15) is 10.2 Å². The molecule has 1 saturated heterocycles. The van der Waals surface area contributed by atoms with Gasteiger partial charge in [0.15, 0.2) is 0 Å². The summed E-state index contributed by atoms with van der Waals surface area (Å²) < 4.78 is 11.8. The zero-order chi connectivity index (χ0) is 14.4. The minimum atomic E-state index is -0.845. The minimum absolute atomic E-state index is 0.0322. The lowest BCUT2D eigenvalue weighted by Gasteiger charge is -2.32. The van der Waals surface area contributed by atoms with Crippen LogP contribution >= 0.6 is 0 Å². The largest absolute Gasteiger partial charge is 0.514 e. The Balaban J connectivity index is 2.32. The number of hydrogen-bond acceptors (Lipinski definition) is 5. The van der Waals surface area contributed by atoms with Crippen molar-refractivity contribution in [1.82, 2.24) is 4.98 Å². The molecule has 2 N–H and O–H groups in total. The molecule has 19 heavy (non-hydrogen) atoms. The van der Waals surface area contributed by atoms with Crippen molar-refractivity contribution < 1.29 is 19.5 Å². The molecule has 0 spiro atoms. The molecule has 0 saturated carbocycles. The van der Waals surface area contributed by atoms with Crippen molar-refractivity contribution in [1.29, 1.82) is 0 Å². The van der Waals surface area contributed by atoms with Gasteiger partial charge < -0.3 is 19.5 Å². The van der Waals surface area contributed by atoms with Gasteiger partial charge >= 0.3 is 7.12 Å². The Morgan fingerprint density at radius 1 is 1.16 bits per heavy atom. The summed E-state index contributed by atoms with van der Waals surface area (Å²) in [6.07, 6.45) is -0.845. The monoisotopic (exact) mass is 265 g/mol. The molecule has 0 amide bonds. The zero-order valence-corrected chi connectivity index (χ0v) is 12.0. The minimum Gasteiger partial charge on any atom is -0.506 e. The van der Waals surface area contributed by atoms with E-state index < -0.39 is 24.4 Å². The van der Waals surface area contributed by atoms with Crippen LogP contribution in [-0.4, -0.2) is 33.5 Å². The van der Waals surface area contributed by atoms with Crippen LogP contribution in [0, 0.1) is 0 Å². The van der Waals surface area contributed by atoms with Gasteiger partial charge in [-0.15, -0.1) is 0 Å². The van der Waals surface area contributed by atoms with E-state index in [-0.39, 0.29) is 11.4 Å². The predicted octanol–water partition coefficient (Wildman–Crippen LogP) is 1.14. The maximum atomic E-state index is 9.65. The fraction of sp³-hybridized carbons (Fsp3) is 0.615. The zero-order valence-electron chi connectivity index (χ0n) is 12.0. The van der Waals surface area contributed by atoms with Crippen LogP contribution in [0.15, 0.2) is 12.1 Å². The van der Waals surface area contributed by atoms with Crippen LogP contribution in [0.25, 0.3) is 0 Å². The van der Waals surface area contributed by atoms with Crippen molar-refractivity contribution in [3.05, 3.63) is 17.8 Å². The third-order valence-corrected chi connectivity index (χ3v) is 3.81. The van der Waals surface area contributed by atoms with E-state index >= 15 is 0 Å². The lowest BCUT2D eigenvalue weighted by molar-refractivity contribution is 0.00578. The lowest BCUT2D eigenvalue weighted by atomic mass is 9.84. The highest BCUT2D eigenvalue weighted by Gasteiger charge is 2.52. The normalized spacial score (nSPS) is 22.5. The SMILES string of the molecule is CC(O)c1nc(B2OC(C)(C)C(C)(C)O2)ccc1O. The average molecular weight is 265 g/mol. The molecule has 6 heteroatoms. The predicted molar refractivity (Wildman–Crippen MR) is 72.3 cm³/mol. The van der Waals surface area contributed by atoms with Crippen LogP contribution in [0.3, 0.4) is 0 Å². The summed E-state index contributed by atoms with van der Waals surface area (Å²) in [7, 11) is -0.594. The average Bonchev–Trinajstić information content (AvgIpc) is 2.48. The molecule has 5 nitrogen and oxygen atoms in total. The number of aliphatic hydroxyl groups is 1. The highest BCUT2D eigenvalue weighted by atomic mass is 16.7. The van der Waals surface area contributed by atoms with Gasteiger partial charge in [0.2, 0.25) is 0 Å². The second-order valence-electron chi connectivity index (χ2n) is 5.90. The number of rotatable bonds is 2. The highest BCUT2D eigenvalue weighted by Crippen LogP contribution is 2.36. The summed E-state index contributed by atoms with van der Waals surface area (Å²) in [5.41, 5.74) is -0.107. The van der Waals surface area contributed by atoms with Crippen LogP contribution in [0.4, 0.5) is 0 Å². The quantitative estimate of drug-likeness (QED) is 0.784. The number of hydrogen-bond donors (Lipinski definition) is 2. The van der Waals surface area contributed by atoms with Crippen LogP contribution < -0.4 is 5.59 Å². The summed E-state index contributed by atoms with van der Waals surface area (Å²) in [6, 6.07) is 3.14. The molecular formula is C13H20BNO4. The van der Waals surface area contributed by atoms with Crippen molar-refractivity contribution in [3.8, 4) is 5.75 Å². The maximum absolute atomic E-state index is 9.65. The van der Waals surface area contributed by atoms with Gasteiger partial charge in [-0.25, -0.2) is 0 Å². The Hall–Kier alpha value is -1.11. The first-order valence-electron chi connectivity index (χ1n) is 6.37. The van der Waals surface area contributed by atoms with Crippen molar-refractivity contribution >= 4 is 12.7 Å². The first-order valence-corrected chi connectivity index (χ1v) is 6.37. The van der Waals surface area contributed by atoms with Gasteiger partial charge in [0.1, 0.15) is 11.4 Å². The maximum Gasteiger partial charge on any atom is 0.514 e. The van der Waals surface area contributed by atoms with E-state index in [1.165, 1.54) is 6.07 Å². The number of nitrogens with zero attached hydrogens (tertiary/aromatic N) is 1.